The maximum Gasteiger partial charge on any atom is 0.335 e. The zero-order chi connectivity index (χ0) is 15.9. The van der Waals surface area contributed by atoms with Gasteiger partial charge in [0.15, 0.2) is 5.11 Å². The first kappa shape index (κ1) is 15.6. The summed E-state index contributed by atoms with van der Waals surface area (Å²) < 4.78 is 13.4. The summed E-state index contributed by atoms with van der Waals surface area (Å²) in [5, 5.41) is 15.7. The second-order valence-electron chi connectivity index (χ2n) is 4.23. The number of rotatable bonds is 4. The number of hydrogen-bond acceptors (Lipinski definition) is 3. The number of benzene rings is 2. The summed E-state index contributed by atoms with van der Waals surface area (Å²) in [4.78, 5) is 10.9. The van der Waals surface area contributed by atoms with Gasteiger partial charge >= 0.3 is 5.97 Å². The summed E-state index contributed by atoms with van der Waals surface area (Å²) in [6, 6.07) is 12.4. The molecule has 5 nitrogen and oxygen atoms in total. The largest absolute Gasteiger partial charge is 0.478 e. The van der Waals surface area contributed by atoms with Gasteiger partial charge in [-0.3, -0.25) is 5.43 Å². The molecule has 0 amide bonds. The number of hydrogen-bond donors (Lipinski definition) is 3. The fraction of sp³-hybridized carbons (Fsp3) is 0. The Hall–Kier alpha value is -2.80. The molecular weight excluding hydrogens is 305 g/mol. The van der Waals surface area contributed by atoms with Crippen LogP contribution in [0, 0.1) is 5.82 Å². The molecule has 0 saturated heterocycles. The first-order chi connectivity index (χ1) is 10.6. The molecule has 0 fully saturated rings. The highest BCUT2D eigenvalue weighted by Gasteiger charge is 2.04. The van der Waals surface area contributed by atoms with Crippen LogP contribution in [-0.4, -0.2) is 22.4 Å². The smallest absolute Gasteiger partial charge is 0.335 e. The highest BCUT2D eigenvalue weighted by atomic mass is 32.1. The Morgan fingerprint density at radius 3 is 2.73 bits per heavy atom. The van der Waals surface area contributed by atoms with Crippen molar-refractivity contribution >= 4 is 35.2 Å². The van der Waals surface area contributed by atoms with Gasteiger partial charge in [-0.05, 0) is 36.5 Å². The number of halogens is 1. The third-order valence-corrected chi connectivity index (χ3v) is 2.84. The summed E-state index contributed by atoms with van der Waals surface area (Å²) in [5.41, 5.74) is 3.51. The molecule has 0 spiro atoms. The average molecular weight is 317 g/mol. The Morgan fingerprint density at radius 1 is 1.23 bits per heavy atom. The van der Waals surface area contributed by atoms with Gasteiger partial charge in [0.1, 0.15) is 5.82 Å². The van der Waals surface area contributed by atoms with E-state index in [4.69, 9.17) is 17.3 Å². The van der Waals surface area contributed by atoms with E-state index in [1.54, 1.807) is 30.3 Å². The van der Waals surface area contributed by atoms with E-state index in [9.17, 15) is 9.18 Å². The van der Waals surface area contributed by atoms with Gasteiger partial charge < -0.3 is 10.4 Å². The molecule has 0 aliphatic rings. The zero-order valence-electron chi connectivity index (χ0n) is 11.3. The van der Waals surface area contributed by atoms with Crippen LogP contribution in [0.15, 0.2) is 53.6 Å². The molecule has 2 rings (SSSR count). The van der Waals surface area contributed by atoms with Crippen molar-refractivity contribution in [1.29, 1.82) is 0 Å². The summed E-state index contributed by atoms with van der Waals surface area (Å²) in [7, 11) is 0. The Balaban J connectivity index is 1.95. The molecule has 7 heteroatoms. The van der Waals surface area contributed by atoms with Crippen LogP contribution < -0.4 is 10.7 Å². The zero-order valence-corrected chi connectivity index (χ0v) is 12.1. The molecule has 112 valence electrons. The average Bonchev–Trinajstić information content (AvgIpc) is 2.49. The molecule has 22 heavy (non-hydrogen) atoms. The topological polar surface area (TPSA) is 73.7 Å². The monoisotopic (exact) mass is 317 g/mol. The maximum atomic E-state index is 13.4. The van der Waals surface area contributed by atoms with Gasteiger partial charge in [0, 0.05) is 11.3 Å². The minimum atomic E-state index is -1.03. The normalized spacial score (nSPS) is 10.4. The Morgan fingerprint density at radius 2 is 2.00 bits per heavy atom. The van der Waals surface area contributed by atoms with Gasteiger partial charge in [0.2, 0.25) is 0 Å². The number of nitrogens with zero attached hydrogens (tertiary/aromatic N) is 1. The third-order valence-electron chi connectivity index (χ3n) is 2.64. The van der Waals surface area contributed by atoms with Crippen molar-refractivity contribution in [3.8, 4) is 0 Å². The van der Waals surface area contributed by atoms with E-state index in [-0.39, 0.29) is 16.5 Å². The van der Waals surface area contributed by atoms with Crippen LogP contribution in [0.2, 0.25) is 0 Å². The van der Waals surface area contributed by atoms with E-state index in [0.29, 0.717) is 11.3 Å². The number of carbonyl (C=O) groups is 1. The predicted molar refractivity (Wildman–Crippen MR) is 86.8 cm³/mol. The van der Waals surface area contributed by atoms with Crippen molar-refractivity contribution < 1.29 is 14.3 Å². The molecule has 2 aromatic carbocycles. The van der Waals surface area contributed by atoms with Crippen LogP contribution >= 0.6 is 12.2 Å². The summed E-state index contributed by atoms with van der Waals surface area (Å²) in [6.45, 7) is 0. The summed E-state index contributed by atoms with van der Waals surface area (Å²) in [6.07, 6.45) is 1.30. The van der Waals surface area contributed by atoms with Crippen molar-refractivity contribution in [2.75, 3.05) is 5.32 Å². The van der Waals surface area contributed by atoms with Crippen LogP contribution in [-0.2, 0) is 0 Å². The quantitative estimate of drug-likeness (QED) is 0.459. The predicted octanol–water partition coefficient (Wildman–Crippen LogP) is 2.84. The van der Waals surface area contributed by atoms with Gasteiger partial charge in [-0.1, -0.05) is 24.3 Å². The summed E-state index contributed by atoms with van der Waals surface area (Å²) >= 11 is 5.02. The lowest BCUT2D eigenvalue weighted by molar-refractivity contribution is 0.0697. The van der Waals surface area contributed by atoms with Crippen molar-refractivity contribution in [3.05, 3.63) is 65.5 Å². The van der Waals surface area contributed by atoms with Crippen LogP contribution in [0.1, 0.15) is 15.9 Å². The molecule has 0 radical (unpaired) electrons. The Bertz CT molecular complexity index is 734. The van der Waals surface area contributed by atoms with Crippen molar-refractivity contribution in [2.24, 2.45) is 5.10 Å². The van der Waals surface area contributed by atoms with E-state index >= 15 is 0 Å². The number of nitrogens with one attached hydrogen (secondary N) is 2. The molecular formula is C15H12FN3O2S. The van der Waals surface area contributed by atoms with E-state index < -0.39 is 5.97 Å². The molecule has 2 aromatic rings. The molecule has 0 atom stereocenters. The molecule has 0 aliphatic heterocycles. The highest BCUT2D eigenvalue weighted by Crippen LogP contribution is 2.10. The van der Waals surface area contributed by atoms with E-state index in [2.05, 4.69) is 15.8 Å². The Kier molecular flexibility index (Phi) is 5.16. The lowest BCUT2D eigenvalue weighted by Crippen LogP contribution is -2.24. The van der Waals surface area contributed by atoms with E-state index in [1.807, 2.05) is 0 Å². The van der Waals surface area contributed by atoms with Crippen LogP contribution in [0.3, 0.4) is 0 Å². The second-order valence-corrected chi connectivity index (χ2v) is 4.64. The molecule has 3 N–H and O–H groups in total. The van der Waals surface area contributed by atoms with Crippen molar-refractivity contribution in [1.82, 2.24) is 5.43 Å². The minimum absolute atomic E-state index is 0.141. The van der Waals surface area contributed by atoms with Crippen LogP contribution in [0.4, 0.5) is 10.1 Å². The van der Waals surface area contributed by atoms with Crippen molar-refractivity contribution in [2.45, 2.75) is 0 Å². The lowest BCUT2D eigenvalue weighted by Gasteiger charge is -2.07. The van der Waals surface area contributed by atoms with Crippen LogP contribution in [0.25, 0.3) is 0 Å². The standard InChI is InChI=1S/C15H12FN3O2S/c16-13-7-2-1-4-11(13)9-17-19-15(22)18-12-6-3-5-10(8-12)14(20)21/h1-9H,(H,20,21)(H2,18,19,22)/b17-9+. The number of carboxylic acid groups (broad SMARTS) is 1. The molecule has 0 heterocycles. The number of thiocarbonyl (C=S) groups is 1. The van der Waals surface area contributed by atoms with Gasteiger partial charge in [-0.15, -0.1) is 0 Å². The molecule has 0 aliphatic carbocycles. The fourth-order valence-electron chi connectivity index (χ4n) is 1.63. The third kappa shape index (κ3) is 4.35. The number of anilines is 1. The molecule has 0 unspecified atom stereocenters. The maximum absolute atomic E-state index is 13.4. The first-order valence-corrected chi connectivity index (χ1v) is 6.65. The van der Waals surface area contributed by atoms with Crippen molar-refractivity contribution in [3.63, 3.8) is 0 Å². The number of aromatic carboxylic acids is 1. The SMILES string of the molecule is O=C(O)c1cccc(NC(=S)N/N=C/c2ccccc2F)c1. The van der Waals surface area contributed by atoms with Gasteiger partial charge in [-0.25, -0.2) is 9.18 Å². The molecule has 0 aromatic heterocycles. The summed E-state index contributed by atoms with van der Waals surface area (Å²) in [5.74, 6) is -1.42. The molecule has 0 bridgehead atoms. The van der Waals surface area contributed by atoms with E-state index in [1.165, 1.54) is 24.4 Å². The minimum Gasteiger partial charge on any atom is -0.478 e. The lowest BCUT2D eigenvalue weighted by atomic mass is 10.2. The fourth-order valence-corrected chi connectivity index (χ4v) is 1.80. The first-order valence-electron chi connectivity index (χ1n) is 6.24. The number of carboxylic acids is 1. The van der Waals surface area contributed by atoms with Crippen LogP contribution in [0.5, 0.6) is 0 Å². The van der Waals surface area contributed by atoms with Gasteiger partial charge in [0.05, 0.1) is 11.8 Å². The van der Waals surface area contributed by atoms with Gasteiger partial charge in [-0.2, -0.15) is 5.10 Å². The second kappa shape index (κ2) is 7.28. The number of hydrazone groups is 1. The molecule has 0 saturated carbocycles. The Labute approximate surface area is 131 Å². The highest BCUT2D eigenvalue weighted by molar-refractivity contribution is 7.80. The van der Waals surface area contributed by atoms with Gasteiger partial charge in [0.25, 0.3) is 0 Å². The van der Waals surface area contributed by atoms with E-state index in [0.717, 1.165) is 0 Å².